The van der Waals surface area contributed by atoms with Crippen molar-refractivity contribution in [2.75, 3.05) is 6.54 Å². The lowest BCUT2D eigenvalue weighted by Crippen LogP contribution is -2.40. The zero-order valence-corrected chi connectivity index (χ0v) is 17.1. The Bertz CT molecular complexity index is 1080. The topological polar surface area (TPSA) is 80.2 Å². The van der Waals surface area contributed by atoms with Crippen LogP contribution in [-0.2, 0) is 16.4 Å². The second-order valence-electron chi connectivity index (χ2n) is 7.13. The van der Waals surface area contributed by atoms with Gasteiger partial charge in [-0.05, 0) is 57.0 Å². The largest absolute Gasteiger partial charge is 0.338 e. The summed E-state index contributed by atoms with van der Waals surface area (Å²) < 4.78 is 27.4. The molecule has 0 fully saturated rings. The van der Waals surface area contributed by atoms with Crippen LogP contribution in [0.15, 0.2) is 59.6 Å². The molecule has 0 saturated heterocycles. The summed E-state index contributed by atoms with van der Waals surface area (Å²) >= 11 is 0. The molecule has 3 rings (SSSR count). The summed E-state index contributed by atoms with van der Waals surface area (Å²) in [6.45, 7) is 6.19. The van der Waals surface area contributed by atoms with Crippen molar-refractivity contribution in [3.8, 4) is 0 Å². The van der Waals surface area contributed by atoms with Crippen LogP contribution in [0.2, 0.25) is 0 Å². The molecule has 2 aromatic carbocycles. The van der Waals surface area contributed by atoms with Crippen LogP contribution < -0.4 is 10.6 Å². The maximum atomic E-state index is 13.0. The lowest BCUT2D eigenvalue weighted by molar-refractivity contribution is 0.238. The number of carbonyl (C=O) groups excluding carboxylic acids is 1. The normalized spacial score (nSPS) is 11.7. The standard InChI is InChI=1S/C21H25N3O3S/c1-15(2)23-21(25)22-12-10-17-6-7-18-11-13-24(20(18)14-17)28(26,27)19-8-4-16(3)5-9-19/h4-9,11,13-15H,10,12H2,1-3H3,(H2,22,23,25). The highest BCUT2D eigenvalue weighted by Gasteiger charge is 2.18. The van der Waals surface area contributed by atoms with Crippen LogP contribution in [0.5, 0.6) is 0 Å². The van der Waals surface area contributed by atoms with Crippen molar-refractivity contribution >= 4 is 27.0 Å². The molecule has 0 atom stereocenters. The summed E-state index contributed by atoms with van der Waals surface area (Å²) in [5.41, 5.74) is 2.59. The van der Waals surface area contributed by atoms with Gasteiger partial charge in [0.1, 0.15) is 0 Å². The average molecular weight is 400 g/mol. The molecule has 0 bridgehead atoms. The van der Waals surface area contributed by atoms with Crippen LogP contribution in [0.1, 0.15) is 25.0 Å². The summed E-state index contributed by atoms with van der Waals surface area (Å²) in [5, 5.41) is 6.43. The van der Waals surface area contributed by atoms with Gasteiger partial charge < -0.3 is 10.6 Å². The number of benzene rings is 2. The lowest BCUT2D eigenvalue weighted by atomic mass is 10.1. The minimum Gasteiger partial charge on any atom is -0.338 e. The number of nitrogens with zero attached hydrogens (tertiary/aromatic N) is 1. The first-order valence-corrected chi connectivity index (χ1v) is 10.7. The molecule has 2 N–H and O–H groups in total. The SMILES string of the molecule is Cc1ccc(S(=O)(=O)n2ccc3ccc(CCNC(=O)NC(C)C)cc32)cc1. The van der Waals surface area contributed by atoms with Gasteiger partial charge in [0.05, 0.1) is 10.4 Å². The zero-order valence-electron chi connectivity index (χ0n) is 16.3. The Hall–Kier alpha value is -2.80. The first-order chi connectivity index (χ1) is 13.3. The van der Waals surface area contributed by atoms with Gasteiger partial charge in [0.15, 0.2) is 0 Å². The smallest absolute Gasteiger partial charge is 0.314 e. The highest BCUT2D eigenvalue weighted by molar-refractivity contribution is 7.90. The van der Waals surface area contributed by atoms with Gasteiger partial charge >= 0.3 is 6.03 Å². The predicted octanol–water partition coefficient (Wildman–Crippen LogP) is 3.44. The van der Waals surface area contributed by atoms with E-state index < -0.39 is 10.0 Å². The maximum absolute atomic E-state index is 13.0. The van der Waals surface area contributed by atoms with E-state index in [1.165, 1.54) is 3.97 Å². The van der Waals surface area contributed by atoms with Crippen molar-refractivity contribution in [2.24, 2.45) is 0 Å². The molecule has 1 heterocycles. The van der Waals surface area contributed by atoms with E-state index in [-0.39, 0.29) is 17.0 Å². The van der Waals surface area contributed by atoms with Crippen LogP contribution >= 0.6 is 0 Å². The molecule has 7 heteroatoms. The summed E-state index contributed by atoms with van der Waals surface area (Å²) in [4.78, 5) is 11.9. The molecular weight excluding hydrogens is 374 g/mol. The Balaban J connectivity index is 1.82. The average Bonchev–Trinajstić information content (AvgIpc) is 3.05. The van der Waals surface area contributed by atoms with Crippen molar-refractivity contribution in [3.63, 3.8) is 0 Å². The van der Waals surface area contributed by atoms with E-state index in [0.29, 0.717) is 18.5 Å². The monoisotopic (exact) mass is 399 g/mol. The van der Waals surface area contributed by atoms with E-state index >= 15 is 0 Å². The highest BCUT2D eigenvalue weighted by atomic mass is 32.2. The third kappa shape index (κ3) is 4.36. The number of hydrogen-bond donors (Lipinski definition) is 2. The molecule has 0 aliphatic heterocycles. The molecule has 0 aliphatic carbocycles. The Morgan fingerprint density at radius 1 is 1.07 bits per heavy atom. The van der Waals surface area contributed by atoms with E-state index in [2.05, 4.69) is 10.6 Å². The fraction of sp³-hybridized carbons (Fsp3) is 0.286. The molecule has 0 spiro atoms. The molecule has 0 aliphatic rings. The predicted molar refractivity (Wildman–Crippen MR) is 111 cm³/mol. The Morgan fingerprint density at radius 3 is 2.46 bits per heavy atom. The van der Waals surface area contributed by atoms with E-state index in [1.54, 1.807) is 36.5 Å². The molecule has 0 saturated carbocycles. The first-order valence-electron chi connectivity index (χ1n) is 9.24. The number of aryl methyl sites for hydroxylation is 1. The van der Waals surface area contributed by atoms with E-state index in [4.69, 9.17) is 0 Å². The number of carbonyl (C=O) groups is 1. The summed E-state index contributed by atoms with van der Waals surface area (Å²) in [5.74, 6) is 0. The van der Waals surface area contributed by atoms with Crippen molar-refractivity contribution in [2.45, 2.75) is 38.1 Å². The van der Waals surface area contributed by atoms with E-state index in [1.807, 2.05) is 39.0 Å². The number of amides is 2. The number of rotatable bonds is 6. The molecule has 3 aromatic rings. The lowest BCUT2D eigenvalue weighted by Gasteiger charge is -2.11. The molecule has 1 aromatic heterocycles. The Labute approximate surface area is 165 Å². The van der Waals surface area contributed by atoms with Gasteiger partial charge in [-0.25, -0.2) is 17.2 Å². The number of hydrogen-bond acceptors (Lipinski definition) is 3. The molecule has 0 unspecified atom stereocenters. The van der Waals surface area contributed by atoms with Crippen molar-refractivity contribution in [1.82, 2.24) is 14.6 Å². The minimum absolute atomic E-state index is 0.0756. The zero-order chi connectivity index (χ0) is 20.3. The van der Waals surface area contributed by atoms with Crippen LogP contribution in [0.3, 0.4) is 0 Å². The highest BCUT2D eigenvalue weighted by Crippen LogP contribution is 2.23. The fourth-order valence-electron chi connectivity index (χ4n) is 2.97. The molecule has 6 nitrogen and oxygen atoms in total. The molecule has 28 heavy (non-hydrogen) atoms. The number of urea groups is 1. The van der Waals surface area contributed by atoms with Crippen molar-refractivity contribution in [1.29, 1.82) is 0 Å². The van der Waals surface area contributed by atoms with Crippen LogP contribution in [0, 0.1) is 6.92 Å². The quantitative estimate of drug-likeness (QED) is 0.666. The molecular formula is C21H25N3O3S. The van der Waals surface area contributed by atoms with E-state index in [0.717, 1.165) is 16.5 Å². The van der Waals surface area contributed by atoms with Gasteiger partial charge in [0, 0.05) is 24.2 Å². The maximum Gasteiger partial charge on any atom is 0.314 e. The number of aromatic nitrogens is 1. The van der Waals surface area contributed by atoms with Gasteiger partial charge in [-0.15, -0.1) is 0 Å². The second kappa shape index (κ2) is 8.06. The third-order valence-electron chi connectivity index (χ3n) is 4.42. The minimum atomic E-state index is -3.67. The number of nitrogens with one attached hydrogen (secondary N) is 2. The first kappa shape index (κ1) is 19.9. The second-order valence-corrected chi connectivity index (χ2v) is 8.94. The van der Waals surface area contributed by atoms with Gasteiger partial charge in [0.25, 0.3) is 10.0 Å². The van der Waals surface area contributed by atoms with E-state index in [9.17, 15) is 13.2 Å². The summed E-state index contributed by atoms with van der Waals surface area (Å²) in [7, 11) is -3.67. The summed E-state index contributed by atoms with van der Waals surface area (Å²) in [6, 6.07) is 14.2. The Kier molecular flexibility index (Phi) is 5.74. The van der Waals surface area contributed by atoms with Gasteiger partial charge in [-0.2, -0.15) is 0 Å². The Morgan fingerprint density at radius 2 is 1.79 bits per heavy atom. The number of fused-ring (bicyclic) bond motifs is 1. The summed E-state index contributed by atoms with van der Waals surface area (Å²) in [6.07, 6.45) is 2.19. The van der Waals surface area contributed by atoms with Gasteiger partial charge in [0.2, 0.25) is 0 Å². The van der Waals surface area contributed by atoms with Gasteiger partial charge in [-0.3, -0.25) is 0 Å². The molecule has 2 amide bonds. The van der Waals surface area contributed by atoms with Crippen LogP contribution in [-0.4, -0.2) is 31.0 Å². The van der Waals surface area contributed by atoms with Crippen molar-refractivity contribution in [3.05, 3.63) is 65.9 Å². The fourth-order valence-corrected chi connectivity index (χ4v) is 4.32. The van der Waals surface area contributed by atoms with Gasteiger partial charge in [-0.1, -0.05) is 29.8 Å². The molecule has 148 valence electrons. The molecule has 0 radical (unpaired) electrons. The van der Waals surface area contributed by atoms with Crippen LogP contribution in [0.25, 0.3) is 10.9 Å². The van der Waals surface area contributed by atoms with Crippen LogP contribution in [0.4, 0.5) is 4.79 Å². The van der Waals surface area contributed by atoms with Crippen molar-refractivity contribution < 1.29 is 13.2 Å². The third-order valence-corrected chi connectivity index (χ3v) is 6.12.